The lowest BCUT2D eigenvalue weighted by Crippen LogP contribution is -1.94. The summed E-state index contributed by atoms with van der Waals surface area (Å²) >= 11 is 0. The van der Waals surface area contributed by atoms with Gasteiger partial charge < -0.3 is 0 Å². The molecule has 0 amide bonds. The second-order valence-electron chi connectivity index (χ2n) is 7.57. The average Bonchev–Trinajstić information content (AvgIpc) is 2.78. The molecule has 0 radical (unpaired) electrons. The quantitative estimate of drug-likeness (QED) is 0.392. The topological polar surface area (TPSA) is 0 Å². The summed E-state index contributed by atoms with van der Waals surface area (Å²) in [5.74, 6) is 2.95. The van der Waals surface area contributed by atoms with Crippen LogP contribution in [0.25, 0.3) is 0 Å². The van der Waals surface area contributed by atoms with Crippen molar-refractivity contribution in [1.82, 2.24) is 0 Å². The van der Waals surface area contributed by atoms with Gasteiger partial charge in [-0.1, -0.05) is 79.6 Å². The molecular formula is C18H36. The lowest BCUT2D eigenvalue weighted by Gasteiger charge is -2.04. The smallest absolute Gasteiger partial charge is 0.0292 e. The molecule has 0 aromatic carbocycles. The molecule has 0 heteroatoms. The van der Waals surface area contributed by atoms with Gasteiger partial charge in [-0.2, -0.15) is 0 Å². The maximum absolute atomic E-state index is 2.49. The zero-order chi connectivity index (χ0) is 13.6. The van der Waals surface area contributed by atoms with Crippen molar-refractivity contribution < 1.29 is 0 Å². The fourth-order valence-corrected chi connectivity index (χ4v) is 3.73. The number of hydrogen-bond donors (Lipinski definition) is 0. The molecule has 0 aliphatic heterocycles. The third kappa shape index (κ3) is 4.94. The largest absolute Gasteiger partial charge is 0.0654 e. The summed E-state index contributed by atoms with van der Waals surface area (Å²) in [6.07, 6.45) is 13.1. The van der Waals surface area contributed by atoms with Crippen molar-refractivity contribution in [2.24, 2.45) is 23.2 Å². The van der Waals surface area contributed by atoms with Gasteiger partial charge in [-0.05, 0) is 36.0 Å². The standard InChI is InChI=1S/C18H36/c1-6-7-8-9-10-11-12-13-16-17(14-15(2)3)18(16,4)5/h15-17H,6-14H2,1-5H3. The Morgan fingerprint density at radius 1 is 0.833 bits per heavy atom. The van der Waals surface area contributed by atoms with E-state index in [1.54, 1.807) is 0 Å². The molecular weight excluding hydrogens is 216 g/mol. The second-order valence-corrected chi connectivity index (χ2v) is 7.57. The van der Waals surface area contributed by atoms with Crippen molar-refractivity contribution in [3.05, 3.63) is 0 Å². The van der Waals surface area contributed by atoms with Gasteiger partial charge >= 0.3 is 0 Å². The van der Waals surface area contributed by atoms with Gasteiger partial charge in [0.2, 0.25) is 0 Å². The average molecular weight is 252 g/mol. The van der Waals surface area contributed by atoms with Crippen molar-refractivity contribution in [2.45, 2.75) is 92.4 Å². The van der Waals surface area contributed by atoms with E-state index in [1.165, 1.54) is 57.8 Å². The molecule has 0 aromatic heterocycles. The third-order valence-electron chi connectivity index (χ3n) is 5.13. The highest BCUT2D eigenvalue weighted by Gasteiger charge is 2.55. The summed E-state index contributed by atoms with van der Waals surface area (Å²) in [6, 6.07) is 0. The Bertz CT molecular complexity index is 214. The molecule has 0 bridgehead atoms. The van der Waals surface area contributed by atoms with Gasteiger partial charge in [0.1, 0.15) is 0 Å². The number of rotatable bonds is 10. The Hall–Kier alpha value is 0. The van der Waals surface area contributed by atoms with Crippen molar-refractivity contribution >= 4 is 0 Å². The fourth-order valence-electron chi connectivity index (χ4n) is 3.73. The first-order chi connectivity index (χ1) is 8.50. The lowest BCUT2D eigenvalue weighted by molar-refractivity contribution is 0.462. The predicted octanol–water partition coefficient (Wildman–Crippen LogP) is 6.45. The van der Waals surface area contributed by atoms with Gasteiger partial charge in [0.15, 0.2) is 0 Å². The van der Waals surface area contributed by atoms with Crippen LogP contribution >= 0.6 is 0 Å². The van der Waals surface area contributed by atoms with Crippen molar-refractivity contribution in [1.29, 1.82) is 0 Å². The SMILES string of the molecule is CCCCCCCCCC1C(CC(C)C)C1(C)C. The monoisotopic (exact) mass is 252 g/mol. The molecule has 1 aliphatic carbocycles. The second kappa shape index (κ2) is 7.56. The van der Waals surface area contributed by atoms with Crippen LogP contribution in [0.1, 0.15) is 92.4 Å². The molecule has 0 spiro atoms. The van der Waals surface area contributed by atoms with E-state index in [9.17, 15) is 0 Å². The Morgan fingerprint density at radius 3 is 1.94 bits per heavy atom. The lowest BCUT2D eigenvalue weighted by atomic mass is 10.0. The first kappa shape index (κ1) is 16.1. The van der Waals surface area contributed by atoms with Gasteiger partial charge in [0, 0.05) is 0 Å². The van der Waals surface area contributed by atoms with E-state index in [0.29, 0.717) is 5.41 Å². The fraction of sp³-hybridized carbons (Fsp3) is 1.00. The highest BCUT2D eigenvalue weighted by atomic mass is 14.6. The molecule has 0 aromatic rings. The highest BCUT2D eigenvalue weighted by Crippen LogP contribution is 2.62. The normalized spacial score (nSPS) is 25.7. The van der Waals surface area contributed by atoms with E-state index >= 15 is 0 Å². The van der Waals surface area contributed by atoms with Gasteiger partial charge in [-0.3, -0.25) is 0 Å². The maximum Gasteiger partial charge on any atom is -0.0292 e. The summed E-state index contributed by atoms with van der Waals surface area (Å²) in [7, 11) is 0. The third-order valence-corrected chi connectivity index (χ3v) is 5.13. The Labute approximate surface area is 116 Å². The molecule has 18 heavy (non-hydrogen) atoms. The minimum atomic E-state index is 0.659. The number of hydrogen-bond acceptors (Lipinski definition) is 0. The maximum atomic E-state index is 2.49. The minimum Gasteiger partial charge on any atom is -0.0654 e. The summed E-state index contributed by atoms with van der Waals surface area (Å²) in [6.45, 7) is 12.0. The van der Waals surface area contributed by atoms with Crippen LogP contribution in [0.15, 0.2) is 0 Å². The van der Waals surface area contributed by atoms with E-state index in [2.05, 4.69) is 34.6 Å². The summed E-state index contributed by atoms with van der Waals surface area (Å²) in [5, 5.41) is 0. The molecule has 0 heterocycles. The minimum absolute atomic E-state index is 0.659. The molecule has 1 fully saturated rings. The Morgan fingerprint density at radius 2 is 1.39 bits per heavy atom. The summed E-state index contributed by atoms with van der Waals surface area (Å²) in [5.41, 5.74) is 0.659. The molecule has 1 saturated carbocycles. The molecule has 0 N–H and O–H groups in total. The molecule has 108 valence electrons. The molecule has 0 saturated heterocycles. The Balaban J connectivity index is 2.03. The predicted molar refractivity (Wildman–Crippen MR) is 82.8 cm³/mol. The van der Waals surface area contributed by atoms with Gasteiger partial charge in [0.25, 0.3) is 0 Å². The van der Waals surface area contributed by atoms with Crippen LogP contribution in [0.2, 0.25) is 0 Å². The summed E-state index contributed by atoms with van der Waals surface area (Å²) in [4.78, 5) is 0. The van der Waals surface area contributed by atoms with Crippen molar-refractivity contribution in [3.63, 3.8) is 0 Å². The van der Waals surface area contributed by atoms with Crippen LogP contribution in [0.3, 0.4) is 0 Å². The zero-order valence-electron chi connectivity index (χ0n) is 13.6. The van der Waals surface area contributed by atoms with E-state index in [-0.39, 0.29) is 0 Å². The van der Waals surface area contributed by atoms with Crippen molar-refractivity contribution in [2.75, 3.05) is 0 Å². The summed E-state index contributed by atoms with van der Waals surface area (Å²) < 4.78 is 0. The molecule has 2 unspecified atom stereocenters. The first-order valence-electron chi connectivity index (χ1n) is 8.50. The van der Waals surface area contributed by atoms with E-state index < -0.39 is 0 Å². The molecule has 1 rings (SSSR count). The van der Waals surface area contributed by atoms with Crippen LogP contribution in [-0.4, -0.2) is 0 Å². The molecule has 1 aliphatic rings. The molecule has 2 atom stereocenters. The van der Waals surface area contributed by atoms with Crippen LogP contribution in [0.4, 0.5) is 0 Å². The van der Waals surface area contributed by atoms with Gasteiger partial charge in [0.05, 0.1) is 0 Å². The van der Waals surface area contributed by atoms with Gasteiger partial charge in [-0.15, -0.1) is 0 Å². The Kier molecular flexibility index (Phi) is 6.74. The van der Waals surface area contributed by atoms with Crippen LogP contribution < -0.4 is 0 Å². The van der Waals surface area contributed by atoms with Crippen molar-refractivity contribution in [3.8, 4) is 0 Å². The van der Waals surface area contributed by atoms with E-state index in [1.807, 2.05) is 0 Å². The molecule has 0 nitrogen and oxygen atoms in total. The van der Waals surface area contributed by atoms with Crippen LogP contribution in [0.5, 0.6) is 0 Å². The van der Waals surface area contributed by atoms with Crippen LogP contribution in [-0.2, 0) is 0 Å². The van der Waals surface area contributed by atoms with E-state index in [0.717, 1.165) is 17.8 Å². The highest BCUT2D eigenvalue weighted by molar-refractivity contribution is 5.04. The first-order valence-corrected chi connectivity index (χ1v) is 8.50. The van der Waals surface area contributed by atoms with Gasteiger partial charge in [-0.25, -0.2) is 0 Å². The van der Waals surface area contributed by atoms with E-state index in [4.69, 9.17) is 0 Å². The zero-order valence-corrected chi connectivity index (χ0v) is 13.6. The number of unbranched alkanes of at least 4 members (excludes halogenated alkanes) is 6. The van der Waals surface area contributed by atoms with Crippen LogP contribution in [0, 0.1) is 23.2 Å².